The smallest absolute Gasteiger partial charge is 0.348 e. The molecule has 4 nitrogen and oxygen atoms in total. The highest BCUT2D eigenvalue weighted by molar-refractivity contribution is 5.89. The topological polar surface area (TPSA) is 32.8 Å². The van der Waals surface area contributed by atoms with E-state index >= 15 is 0 Å². The fourth-order valence-corrected chi connectivity index (χ4v) is 3.08. The molecule has 4 heteroatoms. The van der Waals surface area contributed by atoms with E-state index in [2.05, 4.69) is 0 Å². The van der Waals surface area contributed by atoms with Gasteiger partial charge in [-0.05, 0) is 23.3 Å². The number of hydrogen-bond acceptors (Lipinski definition) is 3. The van der Waals surface area contributed by atoms with Crippen molar-refractivity contribution < 1.29 is 9.63 Å². The zero-order chi connectivity index (χ0) is 17.1. The number of rotatable bonds is 4. The largest absolute Gasteiger partial charge is 0.435 e. The molecule has 0 aliphatic carbocycles. The van der Waals surface area contributed by atoms with Gasteiger partial charge < -0.3 is 4.84 Å². The minimum atomic E-state index is -0.365. The summed E-state index contributed by atoms with van der Waals surface area (Å²) < 4.78 is 0. The van der Waals surface area contributed by atoms with Crippen LogP contribution in [0.25, 0.3) is 0 Å². The molecule has 3 aromatic rings. The Morgan fingerprint density at radius 2 is 1.32 bits per heavy atom. The van der Waals surface area contributed by atoms with Crippen LogP contribution in [0.15, 0.2) is 91.0 Å². The first-order valence-corrected chi connectivity index (χ1v) is 8.24. The van der Waals surface area contributed by atoms with E-state index in [4.69, 9.17) is 4.84 Å². The third-order valence-corrected chi connectivity index (χ3v) is 4.22. The predicted octanol–water partition coefficient (Wildman–Crippen LogP) is 4.76. The third-order valence-electron chi connectivity index (χ3n) is 4.22. The number of nitrogens with zero attached hydrogens (tertiary/aromatic N) is 2. The lowest BCUT2D eigenvalue weighted by molar-refractivity contribution is -0.0989. The Bertz CT molecular complexity index is 838. The molecular formula is C21H18N2O2. The van der Waals surface area contributed by atoms with E-state index in [1.165, 1.54) is 0 Å². The monoisotopic (exact) mass is 330 g/mol. The Labute approximate surface area is 146 Å². The second-order valence-electron chi connectivity index (χ2n) is 5.91. The number of benzene rings is 3. The van der Waals surface area contributed by atoms with E-state index in [1.54, 1.807) is 9.96 Å². The highest BCUT2D eigenvalue weighted by Gasteiger charge is 2.42. The molecule has 25 heavy (non-hydrogen) atoms. The van der Waals surface area contributed by atoms with Gasteiger partial charge in [-0.25, -0.2) is 4.79 Å². The average molecular weight is 330 g/mol. The molecule has 3 aromatic carbocycles. The van der Waals surface area contributed by atoms with E-state index in [1.807, 2.05) is 91.0 Å². The summed E-state index contributed by atoms with van der Waals surface area (Å²) in [6.07, 6.45) is -0.674. The highest BCUT2D eigenvalue weighted by Crippen LogP contribution is 2.37. The second kappa shape index (κ2) is 6.79. The molecular weight excluding hydrogens is 312 g/mol. The predicted molar refractivity (Wildman–Crippen MR) is 96.6 cm³/mol. The molecule has 1 fully saturated rings. The van der Waals surface area contributed by atoms with Gasteiger partial charge >= 0.3 is 6.09 Å². The molecule has 1 heterocycles. The SMILES string of the molecule is O=C1ON(Cc2ccccc2)[C@H](c2ccccc2)N1c1ccccc1. The van der Waals surface area contributed by atoms with Crippen molar-refractivity contribution in [1.29, 1.82) is 0 Å². The number of para-hydroxylation sites is 1. The molecule has 4 rings (SSSR count). The lowest BCUT2D eigenvalue weighted by Gasteiger charge is -2.26. The molecule has 0 N–H and O–H groups in total. The minimum Gasteiger partial charge on any atom is -0.348 e. The Morgan fingerprint density at radius 3 is 1.96 bits per heavy atom. The van der Waals surface area contributed by atoms with Crippen LogP contribution in [0.1, 0.15) is 17.3 Å². The molecule has 1 aliphatic heterocycles. The van der Waals surface area contributed by atoms with Gasteiger partial charge in [0.15, 0.2) is 6.17 Å². The van der Waals surface area contributed by atoms with Crippen molar-refractivity contribution in [3.63, 3.8) is 0 Å². The number of carbonyl (C=O) groups excluding carboxylic acids is 1. The van der Waals surface area contributed by atoms with Crippen LogP contribution in [-0.2, 0) is 11.4 Å². The summed E-state index contributed by atoms with van der Waals surface area (Å²) in [7, 11) is 0. The number of hydrogen-bond donors (Lipinski definition) is 0. The summed E-state index contributed by atoms with van der Waals surface area (Å²) in [6.45, 7) is 0.523. The first kappa shape index (κ1) is 15.4. The summed E-state index contributed by atoms with van der Waals surface area (Å²) in [4.78, 5) is 19.9. The van der Waals surface area contributed by atoms with Crippen LogP contribution in [0.4, 0.5) is 10.5 Å². The van der Waals surface area contributed by atoms with Crippen LogP contribution in [0.5, 0.6) is 0 Å². The maximum atomic E-state index is 12.6. The third kappa shape index (κ3) is 3.12. The number of amides is 1. The maximum absolute atomic E-state index is 12.6. The van der Waals surface area contributed by atoms with Gasteiger partial charge in [-0.2, -0.15) is 0 Å². The van der Waals surface area contributed by atoms with Crippen LogP contribution in [0.2, 0.25) is 0 Å². The van der Waals surface area contributed by atoms with Crippen LogP contribution < -0.4 is 4.90 Å². The van der Waals surface area contributed by atoms with E-state index in [-0.39, 0.29) is 12.3 Å². The van der Waals surface area contributed by atoms with Crippen LogP contribution in [-0.4, -0.2) is 11.2 Å². The molecule has 0 aromatic heterocycles. The van der Waals surface area contributed by atoms with Crippen molar-refractivity contribution in [3.8, 4) is 0 Å². The van der Waals surface area contributed by atoms with Crippen molar-refractivity contribution >= 4 is 11.8 Å². The molecule has 0 radical (unpaired) electrons. The van der Waals surface area contributed by atoms with Gasteiger partial charge in [0.1, 0.15) is 0 Å². The molecule has 0 saturated carbocycles. The van der Waals surface area contributed by atoms with Gasteiger partial charge in [0.05, 0.1) is 6.54 Å². The van der Waals surface area contributed by atoms with Gasteiger partial charge in [0, 0.05) is 5.69 Å². The fraction of sp³-hybridized carbons (Fsp3) is 0.0952. The van der Waals surface area contributed by atoms with Crippen LogP contribution in [0.3, 0.4) is 0 Å². The van der Waals surface area contributed by atoms with E-state index < -0.39 is 0 Å². The minimum absolute atomic E-state index is 0.309. The second-order valence-corrected chi connectivity index (χ2v) is 5.91. The van der Waals surface area contributed by atoms with Crippen molar-refractivity contribution in [1.82, 2.24) is 5.06 Å². The fourth-order valence-electron chi connectivity index (χ4n) is 3.08. The lowest BCUT2D eigenvalue weighted by Crippen LogP contribution is -2.31. The Balaban J connectivity index is 1.73. The standard InChI is InChI=1S/C21H18N2O2/c24-21-23(19-14-8-3-9-15-19)20(18-12-6-2-7-13-18)22(25-21)16-17-10-4-1-5-11-17/h1-15,20H,16H2/t20-/m0/s1. The summed E-state index contributed by atoms with van der Waals surface area (Å²) in [6, 6.07) is 29.6. The van der Waals surface area contributed by atoms with Crippen LogP contribution in [0, 0.1) is 0 Å². The number of hydroxylamine groups is 2. The van der Waals surface area contributed by atoms with Gasteiger partial charge in [-0.1, -0.05) is 78.9 Å². The van der Waals surface area contributed by atoms with Gasteiger partial charge in [0.2, 0.25) is 0 Å². The van der Waals surface area contributed by atoms with Crippen molar-refractivity contribution in [2.24, 2.45) is 0 Å². The molecule has 0 spiro atoms. The van der Waals surface area contributed by atoms with Crippen LogP contribution >= 0.6 is 0 Å². The van der Waals surface area contributed by atoms with E-state index in [9.17, 15) is 4.79 Å². The average Bonchev–Trinajstić information content (AvgIpc) is 2.99. The normalized spacial score (nSPS) is 17.5. The zero-order valence-electron chi connectivity index (χ0n) is 13.7. The Kier molecular flexibility index (Phi) is 4.19. The van der Waals surface area contributed by atoms with Crippen molar-refractivity contribution in [3.05, 3.63) is 102 Å². The lowest BCUT2D eigenvalue weighted by atomic mass is 10.1. The molecule has 1 amide bonds. The molecule has 1 atom stereocenters. The van der Waals surface area contributed by atoms with Crippen molar-refractivity contribution in [2.75, 3.05) is 4.90 Å². The number of carbonyl (C=O) groups is 1. The molecule has 124 valence electrons. The zero-order valence-corrected chi connectivity index (χ0v) is 13.7. The first-order valence-electron chi connectivity index (χ1n) is 8.24. The Hall–Kier alpha value is -3.11. The van der Waals surface area contributed by atoms with Crippen molar-refractivity contribution in [2.45, 2.75) is 12.7 Å². The van der Waals surface area contributed by atoms with Gasteiger partial charge in [0.25, 0.3) is 0 Å². The quantitative estimate of drug-likeness (QED) is 0.691. The first-order chi connectivity index (χ1) is 12.3. The maximum Gasteiger partial charge on any atom is 0.435 e. The molecule has 1 aliphatic rings. The highest BCUT2D eigenvalue weighted by atomic mass is 16.7. The van der Waals surface area contributed by atoms with Gasteiger partial charge in [-0.15, -0.1) is 5.06 Å². The molecule has 0 bridgehead atoms. The van der Waals surface area contributed by atoms with Gasteiger partial charge in [-0.3, -0.25) is 4.90 Å². The molecule has 1 saturated heterocycles. The van der Waals surface area contributed by atoms with E-state index in [0.29, 0.717) is 6.54 Å². The van der Waals surface area contributed by atoms with E-state index in [0.717, 1.165) is 16.8 Å². The summed E-state index contributed by atoms with van der Waals surface area (Å²) in [5.41, 5.74) is 2.91. The summed E-state index contributed by atoms with van der Waals surface area (Å²) in [5.74, 6) is 0. The Morgan fingerprint density at radius 1 is 0.760 bits per heavy atom. The molecule has 0 unspecified atom stereocenters. The summed E-state index contributed by atoms with van der Waals surface area (Å²) in [5, 5.41) is 1.74. The number of anilines is 1. The summed E-state index contributed by atoms with van der Waals surface area (Å²) >= 11 is 0.